The molecule has 1 aliphatic heterocycles. The Kier molecular flexibility index (Phi) is 8.96. The van der Waals surface area contributed by atoms with Crippen molar-refractivity contribution in [1.82, 2.24) is 0 Å². The van der Waals surface area contributed by atoms with Crippen LogP contribution in [0.5, 0.6) is 17.2 Å². The smallest absolute Gasteiger partial charge is 0.550 e. The number of carboxylic acid groups (broad SMARTS) is 1. The predicted octanol–water partition coefficient (Wildman–Crippen LogP) is 2.55. The van der Waals surface area contributed by atoms with Crippen LogP contribution in [0.25, 0.3) is 11.1 Å². The topological polar surface area (TPSA) is 88.1 Å². The van der Waals surface area contributed by atoms with Crippen LogP contribution in [0.1, 0.15) is 73.3 Å². The molecule has 1 saturated carbocycles. The van der Waals surface area contributed by atoms with Crippen molar-refractivity contribution >= 4 is 5.97 Å². The molecule has 0 saturated heterocycles. The summed E-state index contributed by atoms with van der Waals surface area (Å²) in [5.74, 6) is 1.03. The van der Waals surface area contributed by atoms with Gasteiger partial charge in [0.25, 0.3) is 0 Å². The summed E-state index contributed by atoms with van der Waals surface area (Å²) in [6.45, 7) is 10.7. The number of hydrogen-bond acceptors (Lipinski definition) is 6. The van der Waals surface area contributed by atoms with Gasteiger partial charge in [0, 0.05) is 29.9 Å². The Labute approximate surface area is 259 Å². The summed E-state index contributed by atoms with van der Waals surface area (Å²) in [6.07, 6.45) is 2.28. The Morgan fingerprint density at radius 3 is 2.38 bits per heavy atom. The van der Waals surface area contributed by atoms with Gasteiger partial charge < -0.3 is 29.2 Å². The van der Waals surface area contributed by atoms with Crippen molar-refractivity contribution in [2.75, 3.05) is 6.61 Å². The number of hydrogen-bond donors (Lipinski definition) is 1. The predicted molar refractivity (Wildman–Crippen MR) is 148 cm³/mol. The molecule has 1 aliphatic carbocycles. The van der Waals surface area contributed by atoms with Crippen LogP contribution in [-0.4, -0.2) is 28.9 Å². The van der Waals surface area contributed by atoms with Crippen molar-refractivity contribution in [2.24, 2.45) is 0 Å². The van der Waals surface area contributed by atoms with Gasteiger partial charge in [0.1, 0.15) is 29.5 Å². The van der Waals surface area contributed by atoms with Gasteiger partial charge in [0.05, 0.1) is 12.2 Å². The zero-order chi connectivity index (χ0) is 27.9. The zero-order valence-corrected chi connectivity index (χ0v) is 26.4. The first kappa shape index (κ1) is 30.4. The van der Waals surface area contributed by atoms with Gasteiger partial charge in [0.15, 0.2) is 0 Å². The minimum atomic E-state index is -1.04. The van der Waals surface area contributed by atoms with Gasteiger partial charge in [0.2, 0.25) is 0 Å². The van der Waals surface area contributed by atoms with E-state index in [1.165, 1.54) is 5.56 Å². The second-order valence-corrected chi connectivity index (χ2v) is 11.7. The molecule has 1 unspecified atom stereocenters. The monoisotopic (exact) mass is 552 g/mol. The second-order valence-electron chi connectivity index (χ2n) is 11.7. The van der Waals surface area contributed by atoms with E-state index in [2.05, 4.69) is 51.1 Å². The summed E-state index contributed by atoms with van der Waals surface area (Å²) in [6, 6.07) is 16.1. The molecule has 1 fully saturated rings. The van der Waals surface area contributed by atoms with Crippen LogP contribution >= 0.6 is 0 Å². The summed E-state index contributed by atoms with van der Waals surface area (Å²) in [5.41, 5.74) is 6.65. The minimum absolute atomic E-state index is 0. The number of aryl methyl sites for hydroxylation is 2. The molecule has 0 bridgehead atoms. The quantitative estimate of drug-likeness (QED) is 0.389. The van der Waals surface area contributed by atoms with Crippen LogP contribution in [0.15, 0.2) is 48.5 Å². The molecule has 40 heavy (non-hydrogen) atoms. The summed E-state index contributed by atoms with van der Waals surface area (Å²) in [4.78, 5) is 11.3. The SMILES string of the molecule is Cc1cc(OCCC(C)(C)O)cc(C)c1-c1cccc(COc2ccc3c(c2)OC2(CC2)C3CC(=O)[O-])c1C.[Na+]. The number of carboxylic acids is 1. The first-order chi connectivity index (χ1) is 18.5. The molecular formula is C33H37NaO6. The van der Waals surface area contributed by atoms with Gasteiger partial charge in [-0.25, -0.2) is 0 Å². The second kappa shape index (κ2) is 11.8. The fraction of sp³-hybridized carbons (Fsp3) is 0.424. The molecule has 1 heterocycles. The molecule has 1 N–H and O–H groups in total. The average molecular weight is 553 g/mol. The Bertz CT molecular complexity index is 1380. The summed E-state index contributed by atoms with van der Waals surface area (Å²) >= 11 is 0. The third-order valence-corrected chi connectivity index (χ3v) is 8.02. The summed E-state index contributed by atoms with van der Waals surface area (Å²) in [5, 5.41) is 21.3. The molecule has 6 nitrogen and oxygen atoms in total. The van der Waals surface area contributed by atoms with E-state index in [0.29, 0.717) is 25.4 Å². The number of fused-ring (bicyclic) bond motifs is 1. The molecule has 0 radical (unpaired) electrons. The van der Waals surface area contributed by atoms with Crippen molar-refractivity contribution in [1.29, 1.82) is 0 Å². The maximum absolute atomic E-state index is 11.3. The van der Waals surface area contributed by atoms with Crippen LogP contribution in [0.3, 0.4) is 0 Å². The number of carbonyl (C=O) groups excluding carboxylic acids is 1. The maximum Gasteiger partial charge on any atom is 1.00 e. The molecule has 3 aromatic carbocycles. The van der Waals surface area contributed by atoms with Crippen molar-refractivity contribution in [3.63, 3.8) is 0 Å². The van der Waals surface area contributed by atoms with Crippen LogP contribution < -0.4 is 48.9 Å². The van der Waals surface area contributed by atoms with Gasteiger partial charge in [-0.1, -0.05) is 24.3 Å². The van der Waals surface area contributed by atoms with Crippen LogP contribution in [-0.2, 0) is 11.4 Å². The fourth-order valence-corrected chi connectivity index (χ4v) is 5.71. The molecule has 206 valence electrons. The van der Waals surface area contributed by atoms with E-state index in [0.717, 1.165) is 57.7 Å². The fourth-order valence-electron chi connectivity index (χ4n) is 5.71. The number of aliphatic hydroxyl groups is 1. The number of carbonyl (C=O) groups is 1. The van der Waals surface area contributed by atoms with E-state index in [-0.39, 0.29) is 47.5 Å². The minimum Gasteiger partial charge on any atom is -0.550 e. The molecule has 1 spiro atoms. The van der Waals surface area contributed by atoms with Crippen LogP contribution in [0.4, 0.5) is 0 Å². The van der Waals surface area contributed by atoms with Gasteiger partial charge in [-0.3, -0.25) is 0 Å². The summed E-state index contributed by atoms with van der Waals surface area (Å²) in [7, 11) is 0. The molecule has 3 aromatic rings. The van der Waals surface area contributed by atoms with E-state index in [1.807, 2.05) is 18.2 Å². The molecule has 1 atom stereocenters. The van der Waals surface area contributed by atoms with Crippen LogP contribution in [0, 0.1) is 20.8 Å². The molecule has 7 heteroatoms. The first-order valence-electron chi connectivity index (χ1n) is 13.7. The molecule has 2 aliphatic rings. The van der Waals surface area contributed by atoms with Gasteiger partial charge in [-0.05, 0) is 105 Å². The number of benzene rings is 3. The van der Waals surface area contributed by atoms with Crippen molar-refractivity contribution in [3.05, 3.63) is 76.3 Å². The third-order valence-electron chi connectivity index (χ3n) is 8.02. The molecule has 0 aromatic heterocycles. The third kappa shape index (κ3) is 6.52. The van der Waals surface area contributed by atoms with Crippen molar-refractivity contribution < 1.29 is 58.8 Å². The largest absolute Gasteiger partial charge is 1.00 e. The average Bonchev–Trinajstić information content (AvgIpc) is 3.55. The van der Waals surface area contributed by atoms with E-state index in [4.69, 9.17) is 14.2 Å². The standard InChI is InChI=1S/C33H38O6.Na/c1-20-15-25(37-14-13-32(4,5)36)16-21(2)31(20)26-8-6-7-23(22(26)3)19-38-24-9-10-27-28(18-30(34)35)33(11-12-33)39-29(27)17-24;/h6-10,15-17,28,36H,11-14,18-19H2,1-5H3,(H,34,35);/q;+1/p-1. The zero-order valence-electron chi connectivity index (χ0n) is 24.4. The van der Waals surface area contributed by atoms with E-state index in [9.17, 15) is 15.0 Å². The maximum atomic E-state index is 11.3. The number of ether oxygens (including phenoxy) is 3. The first-order valence-corrected chi connectivity index (χ1v) is 13.7. The van der Waals surface area contributed by atoms with Gasteiger partial charge in [-0.15, -0.1) is 0 Å². The van der Waals surface area contributed by atoms with E-state index < -0.39 is 11.6 Å². The van der Waals surface area contributed by atoms with Gasteiger partial charge in [-0.2, -0.15) is 0 Å². The molecule has 0 amide bonds. The number of aliphatic carboxylic acids is 1. The van der Waals surface area contributed by atoms with Gasteiger partial charge >= 0.3 is 29.6 Å². The van der Waals surface area contributed by atoms with Crippen molar-refractivity contribution in [2.45, 2.75) is 84.0 Å². The van der Waals surface area contributed by atoms with Crippen molar-refractivity contribution in [3.8, 4) is 28.4 Å². The molecular weight excluding hydrogens is 515 g/mol. The Hall–Kier alpha value is -2.51. The van der Waals surface area contributed by atoms with Crippen LogP contribution in [0.2, 0.25) is 0 Å². The normalized spacial score (nSPS) is 16.6. The van der Waals surface area contributed by atoms with E-state index >= 15 is 0 Å². The number of rotatable bonds is 10. The Morgan fingerprint density at radius 1 is 1.05 bits per heavy atom. The Morgan fingerprint density at radius 2 is 1.75 bits per heavy atom. The van der Waals surface area contributed by atoms with E-state index in [1.54, 1.807) is 13.8 Å². The molecule has 5 rings (SSSR count). The Balaban J connectivity index is 0.00000370. The summed E-state index contributed by atoms with van der Waals surface area (Å²) < 4.78 is 18.3.